The minimum atomic E-state index is -0.701. The average molecular weight is 634 g/mol. The molecule has 1 atom stereocenters. The number of aliphatic hydroxyl groups excluding tert-OH is 1. The van der Waals surface area contributed by atoms with Crippen LogP contribution >= 0.6 is 11.6 Å². The van der Waals surface area contributed by atoms with Gasteiger partial charge in [-0.1, -0.05) is 29.8 Å². The lowest BCUT2D eigenvalue weighted by Gasteiger charge is -2.15. The Balaban J connectivity index is 1.32. The van der Waals surface area contributed by atoms with E-state index < -0.39 is 11.7 Å². The van der Waals surface area contributed by atoms with E-state index in [1.165, 1.54) is 25.4 Å². The second-order valence-electron chi connectivity index (χ2n) is 10.4. The monoisotopic (exact) mass is 633 g/mol. The van der Waals surface area contributed by atoms with Gasteiger partial charge in [0.05, 0.1) is 35.8 Å². The Hall–Kier alpha value is -4.49. The highest BCUT2D eigenvalue weighted by atomic mass is 35.5. The van der Waals surface area contributed by atoms with E-state index in [9.17, 15) is 9.59 Å². The lowest BCUT2D eigenvalue weighted by Crippen LogP contribution is -2.35. The zero-order valence-electron chi connectivity index (χ0n) is 24.6. The Kier molecular flexibility index (Phi) is 10.6. The van der Waals surface area contributed by atoms with Gasteiger partial charge in [-0.05, 0) is 42.3 Å². The first-order valence-electron chi connectivity index (χ1n) is 14.4. The third kappa shape index (κ3) is 7.78. The van der Waals surface area contributed by atoms with Crippen LogP contribution in [-0.4, -0.2) is 64.7 Å². The van der Waals surface area contributed by atoms with Gasteiger partial charge in [0.2, 0.25) is 11.8 Å². The summed E-state index contributed by atoms with van der Waals surface area (Å²) in [6.07, 6.45) is 4.41. The Morgan fingerprint density at radius 2 is 1.98 bits per heavy atom. The lowest BCUT2D eigenvalue weighted by atomic mass is 10.0. The van der Waals surface area contributed by atoms with Gasteiger partial charge in [0.15, 0.2) is 5.82 Å². The Labute approximate surface area is 264 Å². The van der Waals surface area contributed by atoms with Crippen molar-refractivity contribution in [3.63, 3.8) is 0 Å². The van der Waals surface area contributed by atoms with E-state index >= 15 is 4.39 Å². The van der Waals surface area contributed by atoms with E-state index in [2.05, 4.69) is 36.2 Å². The number of ether oxygens (including phenoxy) is 1. The molecule has 1 saturated heterocycles. The van der Waals surface area contributed by atoms with Crippen molar-refractivity contribution in [1.82, 2.24) is 30.9 Å². The first-order chi connectivity index (χ1) is 21.9. The number of pyridine rings is 3. The smallest absolute Gasteiger partial charge is 0.274 e. The number of aromatic nitrogens is 3. The SMILES string of the molecule is COc1nc(-c2ccnc(-c3cccc(NC(=O)c4ccc(CNCCO)cn4)c3F)c2Cl)ccc1CNC[C@@H]1CCC(=O)N1. The molecule has 234 valence electrons. The van der Waals surface area contributed by atoms with Crippen molar-refractivity contribution in [2.75, 3.05) is 32.1 Å². The summed E-state index contributed by atoms with van der Waals surface area (Å²) in [5.74, 6) is -0.803. The number of nitrogens with zero attached hydrogens (tertiary/aromatic N) is 3. The third-order valence-electron chi connectivity index (χ3n) is 7.27. The van der Waals surface area contributed by atoms with Crippen LogP contribution in [0, 0.1) is 5.82 Å². The molecule has 4 aromatic rings. The molecule has 1 aliphatic heterocycles. The highest BCUT2D eigenvalue weighted by Gasteiger charge is 2.22. The molecule has 0 unspecified atom stereocenters. The van der Waals surface area contributed by atoms with Crippen LogP contribution < -0.4 is 26.0 Å². The predicted molar refractivity (Wildman–Crippen MR) is 168 cm³/mol. The number of aliphatic hydroxyl groups is 1. The highest BCUT2D eigenvalue weighted by molar-refractivity contribution is 6.35. The van der Waals surface area contributed by atoms with Crippen molar-refractivity contribution in [1.29, 1.82) is 0 Å². The van der Waals surface area contributed by atoms with Gasteiger partial charge in [-0.25, -0.2) is 9.37 Å². The predicted octanol–water partition coefficient (Wildman–Crippen LogP) is 3.71. The lowest BCUT2D eigenvalue weighted by molar-refractivity contribution is -0.119. The van der Waals surface area contributed by atoms with Gasteiger partial charge in [-0.3, -0.25) is 19.6 Å². The van der Waals surface area contributed by atoms with E-state index in [0.717, 1.165) is 17.5 Å². The molecule has 4 heterocycles. The van der Waals surface area contributed by atoms with E-state index in [4.69, 9.17) is 21.4 Å². The summed E-state index contributed by atoms with van der Waals surface area (Å²) < 4.78 is 21.3. The first kappa shape index (κ1) is 31.9. The maximum Gasteiger partial charge on any atom is 0.274 e. The summed E-state index contributed by atoms with van der Waals surface area (Å²) in [4.78, 5) is 37.5. The molecule has 11 nitrogen and oxygen atoms in total. The van der Waals surface area contributed by atoms with Gasteiger partial charge in [-0.2, -0.15) is 0 Å². The van der Waals surface area contributed by atoms with Crippen LogP contribution in [0.4, 0.5) is 10.1 Å². The van der Waals surface area contributed by atoms with Crippen molar-refractivity contribution >= 4 is 29.1 Å². The molecule has 0 bridgehead atoms. The molecular weight excluding hydrogens is 601 g/mol. The highest BCUT2D eigenvalue weighted by Crippen LogP contribution is 2.37. The molecule has 13 heteroatoms. The average Bonchev–Trinajstić information content (AvgIpc) is 3.47. The molecule has 1 aliphatic rings. The molecule has 3 aromatic heterocycles. The zero-order chi connectivity index (χ0) is 31.8. The number of anilines is 1. The molecule has 2 amide bonds. The van der Waals surface area contributed by atoms with Crippen LogP contribution in [0.2, 0.25) is 5.02 Å². The fourth-order valence-electron chi connectivity index (χ4n) is 4.94. The number of carbonyl (C=O) groups is 2. The number of nitrogens with one attached hydrogen (secondary N) is 4. The number of hydrogen-bond acceptors (Lipinski definition) is 9. The van der Waals surface area contributed by atoms with Gasteiger partial charge in [0.25, 0.3) is 5.91 Å². The van der Waals surface area contributed by atoms with Crippen LogP contribution in [0.1, 0.15) is 34.5 Å². The van der Waals surface area contributed by atoms with Crippen molar-refractivity contribution < 1.29 is 23.8 Å². The van der Waals surface area contributed by atoms with Crippen LogP contribution in [0.3, 0.4) is 0 Å². The van der Waals surface area contributed by atoms with Gasteiger partial charge in [0, 0.05) is 67.7 Å². The minimum Gasteiger partial charge on any atom is -0.481 e. The van der Waals surface area contributed by atoms with Crippen LogP contribution in [0.15, 0.2) is 60.9 Å². The molecule has 0 radical (unpaired) electrons. The van der Waals surface area contributed by atoms with Crippen molar-refractivity contribution in [3.8, 4) is 28.4 Å². The summed E-state index contributed by atoms with van der Waals surface area (Å²) in [6, 6.07) is 13.3. The molecule has 0 aliphatic carbocycles. The van der Waals surface area contributed by atoms with E-state index in [1.54, 1.807) is 36.5 Å². The standard InChI is InChI=1S/C32H33ClFN7O4/c1-45-32-20(17-36-18-21-7-10-27(43)39-21)6-9-24(41-32)22-11-12-37-30(28(22)33)23-3-2-4-25(29(23)34)40-31(44)26-8-5-19(16-38-26)15-35-13-14-42/h2-6,8-9,11-12,16,21,35-36,42H,7,10,13-15,17-18H2,1H3,(H,39,43)(H,40,44)/t21-/m0/s1. The minimum absolute atomic E-state index is 0.0189. The van der Waals surface area contributed by atoms with Crippen LogP contribution in [0.25, 0.3) is 22.5 Å². The number of hydrogen-bond donors (Lipinski definition) is 5. The number of carbonyl (C=O) groups excluding carboxylic acids is 2. The van der Waals surface area contributed by atoms with Crippen molar-refractivity contribution in [3.05, 3.63) is 88.6 Å². The number of methoxy groups -OCH3 is 1. The molecule has 5 N–H and O–H groups in total. The van der Waals surface area contributed by atoms with Gasteiger partial charge < -0.3 is 31.1 Å². The Bertz CT molecular complexity index is 1670. The topological polar surface area (TPSA) is 150 Å². The zero-order valence-corrected chi connectivity index (χ0v) is 25.3. The van der Waals surface area contributed by atoms with E-state index in [1.807, 2.05) is 6.07 Å². The molecule has 5 rings (SSSR count). The van der Waals surface area contributed by atoms with Crippen molar-refractivity contribution in [2.45, 2.75) is 32.0 Å². The quantitative estimate of drug-likeness (QED) is 0.139. The fourth-order valence-corrected chi connectivity index (χ4v) is 5.25. The van der Waals surface area contributed by atoms with Crippen LogP contribution in [-0.2, 0) is 17.9 Å². The summed E-state index contributed by atoms with van der Waals surface area (Å²) in [5, 5.41) is 20.9. The summed E-state index contributed by atoms with van der Waals surface area (Å²) in [5.41, 5.74) is 3.06. The molecule has 0 spiro atoms. The van der Waals surface area contributed by atoms with E-state index in [-0.39, 0.29) is 46.2 Å². The second kappa shape index (κ2) is 15.0. The molecule has 1 fully saturated rings. The molecule has 45 heavy (non-hydrogen) atoms. The molecule has 0 saturated carbocycles. The second-order valence-corrected chi connectivity index (χ2v) is 10.8. The number of halogens is 2. The Morgan fingerprint density at radius 1 is 1.11 bits per heavy atom. The number of rotatable bonds is 13. The largest absolute Gasteiger partial charge is 0.481 e. The third-order valence-corrected chi connectivity index (χ3v) is 7.65. The van der Waals surface area contributed by atoms with Crippen molar-refractivity contribution in [2.24, 2.45) is 0 Å². The van der Waals surface area contributed by atoms with Gasteiger partial charge >= 0.3 is 0 Å². The number of benzene rings is 1. The first-order valence-corrected chi connectivity index (χ1v) is 14.8. The molecule has 1 aromatic carbocycles. The number of amides is 2. The van der Waals surface area contributed by atoms with Gasteiger partial charge in [0.1, 0.15) is 5.69 Å². The van der Waals surface area contributed by atoms with Gasteiger partial charge in [-0.15, -0.1) is 0 Å². The molecular formula is C32H33ClFN7O4. The Morgan fingerprint density at radius 3 is 2.71 bits per heavy atom. The maximum atomic E-state index is 15.8. The fraction of sp³-hybridized carbons (Fsp3) is 0.281. The van der Waals surface area contributed by atoms with E-state index in [0.29, 0.717) is 49.7 Å². The summed E-state index contributed by atoms with van der Waals surface area (Å²) in [7, 11) is 1.53. The maximum absolute atomic E-state index is 15.8. The van der Waals surface area contributed by atoms with Crippen LogP contribution in [0.5, 0.6) is 5.88 Å². The normalized spacial score (nSPS) is 14.3. The summed E-state index contributed by atoms with van der Waals surface area (Å²) in [6.45, 7) is 2.08. The summed E-state index contributed by atoms with van der Waals surface area (Å²) >= 11 is 6.79.